The summed E-state index contributed by atoms with van der Waals surface area (Å²) in [5, 5.41) is 14.2. The molecule has 2 heterocycles. The van der Waals surface area contributed by atoms with Crippen LogP contribution >= 0.6 is 23.8 Å². The second-order valence-corrected chi connectivity index (χ2v) is 9.05. The summed E-state index contributed by atoms with van der Waals surface area (Å²) in [6, 6.07) is 11.8. The quantitative estimate of drug-likeness (QED) is 0.296. The molecule has 35 heavy (non-hydrogen) atoms. The number of thiocarbonyl (C=S) groups is 1. The van der Waals surface area contributed by atoms with E-state index in [9.17, 15) is 0 Å². The summed E-state index contributed by atoms with van der Waals surface area (Å²) in [4.78, 5) is 20.6. The van der Waals surface area contributed by atoms with Crippen molar-refractivity contribution < 1.29 is 14.6 Å². The summed E-state index contributed by atoms with van der Waals surface area (Å²) >= 11 is 11.7. The van der Waals surface area contributed by atoms with Gasteiger partial charge in [0.25, 0.3) is 6.47 Å². The Labute approximate surface area is 215 Å². The van der Waals surface area contributed by atoms with E-state index in [1.807, 2.05) is 36.5 Å². The van der Waals surface area contributed by atoms with E-state index in [1.54, 1.807) is 7.11 Å². The summed E-state index contributed by atoms with van der Waals surface area (Å²) in [6.07, 6.45) is 4.38. The highest BCUT2D eigenvalue weighted by Crippen LogP contribution is 2.36. The summed E-state index contributed by atoms with van der Waals surface area (Å²) < 4.78 is 5.75. The number of carboxylic acid groups (broad SMARTS) is 1. The normalized spacial score (nSPS) is 11.9. The second-order valence-electron chi connectivity index (χ2n) is 8.12. The molecule has 1 aromatic heterocycles. The molecule has 3 N–H and O–H groups in total. The molecule has 10 heteroatoms. The Kier molecular flexibility index (Phi) is 9.36. The molecule has 2 aromatic carbocycles. The van der Waals surface area contributed by atoms with Gasteiger partial charge in [0.15, 0.2) is 0 Å². The van der Waals surface area contributed by atoms with Crippen LogP contribution in [0.5, 0.6) is 5.75 Å². The molecule has 0 spiro atoms. The molecule has 4 rings (SSSR count). The number of nitrogens with zero attached hydrogens (tertiary/aromatic N) is 3. The van der Waals surface area contributed by atoms with E-state index in [2.05, 4.69) is 40.7 Å². The van der Waals surface area contributed by atoms with Crippen molar-refractivity contribution in [3.05, 3.63) is 58.7 Å². The maximum absolute atomic E-state index is 8.36. The number of nitrogens with one attached hydrogen (secondary N) is 2. The van der Waals surface area contributed by atoms with Gasteiger partial charge in [0.2, 0.25) is 5.95 Å². The molecule has 0 aliphatic carbocycles. The molecular formula is C25H28ClN5O3S. The molecule has 3 aromatic rings. The SMILES string of the molecule is COc1c(CCCN(C)C)cccc1Nc1ncc2c(n1)-c1ccc(Cl)cc1NC(=S)C2.O=CO. The number of carbonyl (C=O) groups is 1. The number of hydrogen-bond acceptors (Lipinski definition) is 7. The molecule has 1 aliphatic heterocycles. The van der Waals surface area contributed by atoms with Gasteiger partial charge in [-0.25, -0.2) is 9.97 Å². The van der Waals surface area contributed by atoms with E-state index in [4.69, 9.17) is 43.4 Å². The van der Waals surface area contributed by atoms with E-state index in [1.165, 1.54) is 0 Å². The van der Waals surface area contributed by atoms with Crippen molar-refractivity contribution in [1.82, 2.24) is 14.9 Å². The van der Waals surface area contributed by atoms with Crippen molar-refractivity contribution in [3.8, 4) is 17.0 Å². The molecule has 1 aliphatic rings. The van der Waals surface area contributed by atoms with E-state index in [-0.39, 0.29) is 6.47 Å². The zero-order valence-electron chi connectivity index (χ0n) is 19.8. The molecule has 184 valence electrons. The van der Waals surface area contributed by atoms with Crippen LogP contribution in [-0.2, 0) is 17.6 Å². The lowest BCUT2D eigenvalue weighted by Crippen LogP contribution is -2.13. The van der Waals surface area contributed by atoms with Crippen molar-refractivity contribution in [1.29, 1.82) is 0 Å². The Morgan fingerprint density at radius 3 is 2.80 bits per heavy atom. The summed E-state index contributed by atoms with van der Waals surface area (Å²) in [7, 11) is 5.86. The summed E-state index contributed by atoms with van der Waals surface area (Å²) in [5.74, 6) is 1.32. The Morgan fingerprint density at radius 1 is 1.31 bits per heavy atom. The molecule has 0 saturated heterocycles. The van der Waals surface area contributed by atoms with E-state index < -0.39 is 0 Å². The number of halogens is 1. The molecule has 0 atom stereocenters. The van der Waals surface area contributed by atoms with Crippen LogP contribution in [0.2, 0.25) is 5.02 Å². The minimum absolute atomic E-state index is 0.250. The van der Waals surface area contributed by atoms with Crippen molar-refractivity contribution in [2.75, 3.05) is 38.4 Å². The average Bonchev–Trinajstić information content (AvgIpc) is 2.94. The lowest BCUT2D eigenvalue weighted by Gasteiger charge is -2.16. The number of anilines is 3. The van der Waals surface area contributed by atoms with Crippen molar-refractivity contribution in [2.45, 2.75) is 19.3 Å². The number of ether oxygens (including phenoxy) is 1. The fourth-order valence-electron chi connectivity index (χ4n) is 3.85. The predicted octanol–water partition coefficient (Wildman–Crippen LogP) is 5.04. The van der Waals surface area contributed by atoms with E-state index in [0.717, 1.165) is 58.9 Å². The average molecular weight is 514 g/mol. The smallest absolute Gasteiger partial charge is 0.290 e. The minimum atomic E-state index is -0.250. The molecule has 8 nitrogen and oxygen atoms in total. The van der Waals surface area contributed by atoms with Crippen LogP contribution in [0.3, 0.4) is 0 Å². The maximum atomic E-state index is 8.36. The van der Waals surface area contributed by atoms with Gasteiger partial charge in [0.1, 0.15) is 5.75 Å². The Hall–Kier alpha value is -3.27. The zero-order valence-corrected chi connectivity index (χ0v) is 21.4. The summed E-state index contributed by atoms with van der Waals surface area (Å²) in [5.41, 5.74) is 5.60. The monoisotopic (exact) mass is 513 g/mol. The fourth-order valence-corrected chi connectivity index (χ4v) is 4.29. The van der Waals surface area contributed by atoms with Crippen molar-refractivity contribution in [2.24, 2.45) is 0 Å². The molecule has 0 unspecified atom stereocenters. The molecular weight excluding hydrogens is 486 g/mol. The van der Waals surface area contributed by atoms with Crippen LogP contribution < -0.4 is 15.4 Å². The predicted molar refractivity (Wildman–Crippen MR) is 144 cm³/mol. The zero-order chi connectivity index (χ0) is 25.4. The van der Waals surface area contributed by atoms with Gasteiger partial charge in [-0.05, 0) is 63.3 Å². The van der Waals surface area contributed by atoms with Crippen LogP contribution in [0, 0.1) is 0 Å². The van der Waals surface area contributed by atoms with Gasteiger partial charge in [-0.3, -0.25) is 4.79 Å². The number of hydrogen-bond donors (Lipinski definition) is 3. The molecule has 0 saturated carbocycles. The highest BCUT2D eigenvalue weighted by molar-refractivity contribution is 7.80. The summed E-state index contributed by atoms with van der Waals surface area (Å²) in [6.45, 7) is 0.772. The third-order valence-corrected chi connectivity index (χ3v) is 5.81. The highest BCUT2D eigenvalue weighted by atomic mass is 35.5. The molecule has 0 fully saturated rings. The van der Waals surface area contributed by atoms with Gasteiger partial charge >= 0.3 is 0 Å². The van der Waals surface area contributed by atoms with Gasteiger partial charge in [-0.1, -0.05) is 36.0 Å². The first-order valence-electron chi connectivity index (χ1n) is 11.0. The molecule has 0 bridgehead atoms. The molecule has 0 radical (unpaired) electrons. The first-order valence-corrected chi connectivity index (χ1v) is 11.8. The second kappa shape index (κ2) is 12.4. The number of benzene rings is 2. The standard InChI is InChI=1S/C24H26ClN5OS.CH2O2/c1-30(2)11-5-7-15-6-4-8-19(23(15)31-3)28-24-26-14-16-12-21(32)27-20-13-17(25)9-10-18(20)22(16)29-24;2-1-3/h4,6,8-10,13-14H,5,7,11-12H2,1-3H3,(H,27,32)(H,26,28,29);1H,(H,2,3). The minimum Gasteiger partial charge on any atom is -0.494 e. The number of aryl methyl sites for hydroxylation is 1. The number of rotatable bonds is 7. The van der Waals surface area contributed by atoms with Crippen molar-refractivity contribution in [3.63, 3.8) is 0 Å². The topological polar surface area (TPSA) is 99.6 Å². The van der Waals surface area contributed by atoms with E-state index in [0.29, 0.717) is 22.4 Å². The van der Waals surface area contributed by atoms with Crippen LogP contribution in [-0.4, -0.2) is 59.2 Å². The Balaban J connectivity index is 0.00000108. The number of methoxy groups -OCH3 is 1. The van der Waals surface area contributed by atoms with Gasteiger partial charge in [-0.2, -0.15) is 0 Å². The third-order valence-electron chi connectivity index (χ3n) is 5.32. The lowest BCUT2D eigenvalue weighted by atomic mass is 10.1. The van der Waals surface area contributed by atoms with Gasteiger partial charge in [0.05, 0.1) is 23.5 Å². The number of para-hydroxylation sites is 1. The first kappa shape index (κ1) is 26.3. The first-order chi connectivity index (χ1) is 16.9. The fraction of sp³-hybridized carbons (Fsp3) is 0.280. The Bertz CT molecular complexity index is 1210. The number of aromatic nitrogens is 2. The van der Waals surface area contributed by atoms with Crippen LogP contribution in [0.25, 0.3) is 11.3 Å². The lowest BCUT2D eigenvalue weighted by molar-refractivity contribution is -0.122. The van der Waals surface area contributed by atoms with Crippen molar-refractivity contribution >= 4 is 52.6 Å². The Morgan fingerprint density at radius 2 is 2.09 bits per heavy atom. The molecule has 0 amide bonds. The van der Waals surface area contributed by atoms with Gasteiger partial charge in [-0.15, -0.1) is 0 Å². The van der Waals surface area contributed by atoms with Crippen LogP contribution in [0.4, 0.5) is 17.3 Å². The third kappa shape index (κ3) is 6.88. The number of fused-ring (bicyclic) bond motifs is 3. The highest BCUT2D eigenvalue weighted by Gasteiger charge is 2.20. The van der Waals surface area contributed by atoms with E-state index >= 15 is 0 Å². The maximum Gasteiger partial charge on any atom is 0.290 e. The van der Waals surface area contributed by atoms with Crippen LogP contribution in [0.1, 0.15) is 17.5 Å². The largest absolute Gasteiger partial charge is 0.494 e. The van der Waals surface area contributed by atoms with Gasteiger partial charge < -0.3 is 25.4 Å². The van der Waals surface area contributed by atoms with Gasteiger partial charge in [0, 0.05) is 34.5 Å². The van der Waals surface area contributed by atoms with Crippen LogP contribution in [0.15, 0.2) is 42.6 Å².